The maximum absolute atomic E-state index is 13.5. The van der Waals surface area contributed by atoms with E-state index in [2.05, 4.69) is 27.9 Å². The standard InChI is InChI=1S/C25H22N4O/c1-27-17-19(22-11-5-6-12-23(22)27)15-25(30)29(20-9-3-2-4-10-20)18-21-16-26-24-13-7-8-14-28(21)24/h2-14,16-17H,15,18H2,1H3. The van der Waals surface area contributed by atoms with Crippen LogP contribution in [0.25, 0.3) is 16.6 Å². The van der Waals surface area contributed by atoms with Gasteiger partial charge in [-0.05, 0) is 35.9 Å². The van der Waals surface area contributed by atoms with Crippen LogP contribution in [-0.4, -0.2) is 19.9 Å². The summed E-state index contributed by atoms with van der Waals surface area (Å²) < 4.78 is 4.11. The van der Waals surface area contributed by atoms with Gasteiger partial charge in [0.1, 0.15) is 5.65 Å². The van der Waals surface area contributed by atoms with Gasteiger partial charge in [0.05, 0.1) is 24.9 Å². The largest absolute Gasteiger partial charge is 0.350 e. The number of amides is 1. The van der Waals surface area contributed by atoms with Gasteiger partial charge >= 0.3 is 0 Å². The molecular weight excluding hydrogens is 372 g/mol. The molecule has 0 unspecified atom stereocenters. The third-order valence-electron chi connectivity index (χ3n) is 5.50. The Morgan fingerprint density at radius 3 is 2.60 bits per heavy atom. The number of carbonyl (C=O) groups excluding carboxylic acids is 1. The molecule has 0 radical (unpaired) electrons. The van der Waals surface area contributed by atoms with Crippen LogP contribution in [0.4, 0.5) is 5.69 Å². The molecule has 0 aliphatic rings. The van der Waals surface area contributed by atoms with Crippen molar-refractivity contribution in [2.24, 2.45) is 7.05 Å². The van der Waals surface area contributed by atoms with Crippen LogP contribution in [0.3, 0.4) is 0 Å². The summed E-state index contributed by atoms with van der Waals surface area (Å²) in [5, 5.41) is 1.12. The van der Waals surface area contributed by atoms with Gasteiger partial charge in [0.2, 0.25) is 5.91 Å². The van der Waals surface area contributed by atoms with Gasteiger partial charge in [0.25, 0.3) is 0 Å². The van der Waals surface area contributed by atoms with Crippen LogP contribution in [0.2, 0.25) is 0 Å². The number of pyridine rings is 1. The number of hydrogen-bond donors (Lipinski definition) is 0. The number of nitrogens with zero attached hydrogens (tertiary/aromatic N) is 4. The van der Waals surface area contributed by atoms with E-state index in [0.717, 1.165) is 33.5 Å². The summed E-state index contributed by atoms with van der Waals surface area (Å²) in [5.74, 6) is 0.0587. The van der Waals surface area contributed by atoms with Crippen LogP contribution in [0.15, 0.2) is 91.4 Å². The maximum atomic E-state index is 13.5. The number of rotatable bonds is 5. The highest BCUT2D eigenvalue weighted by molar-refractivity contribution is 5.97. The van der Waals surface area contributed by atoms with Gasteiger partial charge in [-0.25, -0.2) is 4.98 Å². The Labute approximate surface area is 174 Å². The highest BCUT2D eigenvalue weighted by atomic mass is 16.2. The molecule has 0 aliphatic carbocycles. The van der Waals surface area contributed by atoms with E-state index in [1.807, 2.05) is 89.4 Å². The summed E-state index contributed by atoms with van der Waals surface area (Å²) in [6.45, 7) is 0.457. The molecule has 5 heteroatoms. The topological polar surface area (TPSA) is 42.5 Å². The number of hydrogen-bond acceptors (Lipinski definition) is 2. The predicted octanol–water partition coefficient (Wildman–Crippen LogP) is 4.60. The highest BCUT2D eigenvalue weighted by Gasteiger charge is 2.20. The third-order valence-corrected chi connectivity index (χ3v) is 5.50. The van der Waals surface area contributed by atoms with Crippen molar-refractivity contribution in [3.8, 4) is 0 Å². The van der Waals surface area contributed by atoms with E-state index in [0.29, 0.717) is 13.0 Å². The van der Waals surface area contributed by atoms with Crippen molar-refractivity contribution in [3.05, 3.63) is 103 Å². The van der Waals surface area contributed by atoms with Crippen molar-refractivity contribution in [2.45, 2.75) is 13.0 Å². The summed E-state index contributed by atoms with van der Waals surface area (Å²) in [6.07, 6.45) is 6.22. The van der Waals surface area contributed by atoms with Crippen LogP contribution < -0.4 is 4.90 Å². The smallest absolute Gasteiger partial charge is 0.231 e. The van der Waals surface area contributed by atoms with Gasteiger partial charge < -0.3 is 13.9 Å². The van der Waals surface area contributed by atoms with E-state index >= 15 is 0 Å². The fourth-order valence-electron chi connectivity index (χ4n) is 4.02. The lowest BCUT2D eigenvalue weighted by molar-refractivity contribution is -0.118. The van der Waals surface area contributed by atoms with E-state index in [1.54, 1.807) is 0 Å². The first kappa shape index (κ1) is 18.2. The van der Waals surface area contributed by atoms with Crippen molar-refractivity contribution in [2.75, 3.05) is 4.90 Å². The van der Waals surface area contributed by atoms with Crippen molar-refractivity contribution >= 4 is 28.1 Å². The Kier molecular flexibility index (Phi) is 4.56. The molecule has 0 aliphatic heterocycles. The summed E-state index contributed by atoms with van der Waals surface area (Å²) in [4.78, 5) is 19.8. The third kappa shape index (κ3) is 3.24. The molecule has 1 amide bonds. The van der Waals surface area contributed by atoms with Crippen LogP contribution in [0.5, 0.6) is 0 Å². The fraction of sp³-hybridized carbons (Fsp3) is 0.120. The van der Waals surface area contributed by atoms with Gasteiger partial charge in [0.15, 0.2) is 0 Å². The van der Waals surface area contributed by atoms with Crippen molar-refractivity contribution < 1.29 is 4.79 Å². The lowest BCUT2D eigenvalue weighted by atomic mass is 10.1. The molecule has 3 heterocycles. The minimum Gasteiger partial charge on any atom is -0.350 e. The van der Waals surface area contributed by atoms with E-state index in [-0.39, 0.29) is 5.91 Å². The normalized spacial score (nSPS) is 11.2. The predicted molar refractivity (Wildman–Crippen MR) is 119 cm³/mol. The zero-order valence-corrected chi connectivity index (χ0v) is 16.8. The summed E-state index contributed by atoms with van der Waals surface area (Å²) in [5.41, 5.74) is 4.90. The lowest BCUT2D eigenvalue weighted by Gasteiger charge is -2.23. The van der Waals surface area contributed by atoms with E-state index in [4.69, 9.17) is 0 Å². The van der Waals surface area contributed by atoms with Crippen LogP contribution in [0.1, 0.15) is 11.3 Å². The molecule has 0 atom stereocenters. The number of anilines is 1. The second-order valence-corrected chi connectivity index (χ2v) is 7.45. The number of imidazole rings is 1. The number of benzene rings is 2. The molecule has 5 rings (SSSR count). The second-order valence-electron chi connectivity index (χ2n) is 7.45. The molecule has 5 aromatic rings. The quantitative estimate of drug-likeness (QED) is 0.437. The first-order valence-corrected chi connectivity index (χ1v) is 10.00. The minimum absolute atomic E-state index is 0.0587. The average molecular weight is 394 g/mol. The first-order valence-electron chi connectivity index (χ1n) is 10.00. The molecule has 2 aromatic carbocycles. The summed E-state index contributed by atoms with van der Waals surface area (Å²) >= 11 is 0. The highest BCUT2D eigenvalue weighted by Crippen LogP contribution is 2.24. The average Bonchev–Trinajstić information content (AvgIpc) is 3.34. The van der Waals surface area contributed by atoms with Gasteiger partial charge in [-0.3, -0.25) is 4.79 Å². The van der Waals surface area contributed by atoms with E-state index < -0.39 is 0 Å². The molecule has 3 aromatic heterocycles. The fourth-order valence-corrected chi connectivity index (χ4v) is 4.02. The number of fused-ring (bicyclic) bond motifs is 2. The number of carbonyl (C=O) groups is 1. The van der Waals surface area contributed by atoms with Gasteiger partial charge in [-0.1, -0.05) is 42.5 Å². The molecule has 0 bridgehead atoms. The SMILES string of the molecule is Cn1cc(CC(=O)N(Cc2cnc3ccccn23)c2ccccc2)c2ccccc21. The summed E-state index contributed by atoms with van der Waals surface area (Å²) in [7, 11) is 2.02. The van der Waals surface area contributed by atoms with Crippen LogP contribution >= 0.6 is 0 Å². The monoisotopic (exact) mass is 394 g/mol. The lowest BCUT2D eigenvalue weighted by Crippen LogP contribution is -2.32. The molecule has 30 heavy (non-hydrogen) atoms. The molecule has 0 saturated carbocycles. The Bertz CT molecular complexity index is 1330. The number of aromatic nitrogens is 3. The second kappa shape index (κ2) is 7.52. The zero-order chi connectivity index (χ0) is 20.5. The van der Waals surface area contributed by atoms with Crippen LogP contribution in [0, 0.1) is 0 Å². The molecule has 5 nitrogen and oxygen atoms in total. The maximum Gasteiger partial charge on any atom is 0.231 e. The Balaban J connectivity index is 1.51. The van der Waals surface area contributed by atoms with E-state index in [9.17, 15) is 4.79 Å². The van der Waals surface area contributed by atoms with Crippen molar-refractivity contribution in [1.29, 1.82) is 0 Å². The molecule has 0 spiro atoms. The van der Waals surface area contributed by atoms with Gasteiger partial charge in [0, 0.05) is 36.0 Å². The molecule has 0 saturated heterocycles. The van der Waals surface area contributed by atoms with Gasteiger partial charge in [-0.15, -0.1) is 0 Å². The van der Waals surface area contributed by atoms with Crippen molar-refractivity contribution in [1.82, 2.24) is 14.0 Å². The Hall–Kier alpha value is -3.86. The zero-order valence-electron chi connectivity index (χ0n) is 16.8. The summed E-state index contributed by atoms with van der Waals surface area (Å²) in [6, 6.07) is 23.9. The molecule has 148 valence electrons. The number of para-hydroxylation sites is 2. The van der Waals surface area contributed by atoms with Crippen LogP contribution in [-0.2, 0) is 24.8 Å². The van der Waals surface area contributed by atoms with Gasteiger partial charge in [-0.2, -0.15) is 0 Å². The molecule has 0 N–H and O–H groups in total. The molecular formula is C25H22N4O. The van der Waals surface area contributed by atoms with Crippen molar-refractivity contribution in [3.63, 3.8) is 0 Å². The Morgan fingerprint density at radius 1 is 0.967 bits per heavy atom. The first-order chi connectivity index (χ1) is 14.7. The Morgan fingerprint density at radius 2 is 1.73 bits per heavy atom. The number of aryl methyl sites for hydroxylation is 1. The molecule has 0 fully saturated rings. The minimum atomic E-state index is 0.0587. The van der Waals surface area contributed by atoms with E-state index in [1.165, 1.54) is 0 Å².